The molecule has 1 saturated heterocycles. The largest absolute Gasteiger partial charge is 0.491 e. The van der Waals surface area contributed by atoms with E-state index in [2.05, 4.69) is 17.3 Å². The van der Waals surface area contributed by atoms with Gasteiger partial charge in [0.2, 0.25) is 0 Å². The van der Waals surface area contributed by atoms with E-state index in [-0.39, 0.29) is 12.5 Å². The van der Waals surface area contributed by atoms with Crippen LogP contribution in [-0.4, -0.2) is 43.7 Å². The zero-order chi connectivity index (χ0) is 14.8. The van der Waals surface area contributed by atoms with Crippen LogP contribution in [0.25, 0.3) is 0 Å². The maximum atomic E-state index is 11.3. The topological polar surface area (TPSA) is 76.8 Å². The number of ether oxygens (including phenoxy) is 2. The molecular formula is C15H21N3O3. The van der Waals surface area contributed by atoms with Crippen molar-refractivity contribution in [3.8, 4) is 11.5 Å². The van der Waals surface area contributed by atoms with Gasteiger partial charge in [-0.3, -0.25) is 4.79 Å². The summed E-state index contributed by atoms with van der Waals surface area (Å²) in [4.78, 5) is 13.7. The van der Waals surface area contributed by atoms with Gasteiger partial charge < -0.3 is 25.4 Å². The number of nitrogen functional groups attached to an aromatic ring is 1. The predicted molar refractivity (Wildman–Crippen MR) is 80.7 cm³/mol. The van der Waals surface area contributed by atoms with E-state index < -0.39 is 0 Å². The number of amides is 1. The van der Waals surface area contributed by atoms with Crippen LogP contribution in [0.5, 0.6) is 11.5 Å². The summed E-state index contributed by atoms with van der Waals surface area (Å²) in [6.07, 6.45) is 3.46. The van der Waals surface area contributed by atoms with E-state index in [1.165, 1.54) is 12.8 Å². The summed E-state index contributed by atoms with van der Waals surface area (Å²) in [6, 6.07) is 4.03. The molecule has 1 aromatic rings. The molecular weight excluding hydrogens is 270 g/mol. The van der Waals surface area contributed by atoms with Crippen LogP contribution in [0.15, 0.2) is 12.1 Å². The van der Waals surface area contributed by atoms with Gasteiger partial charge in [0.1, 0.15) is 11.5 Å². The lowest BCUT2D eigenvalue weighted by Gasteiger charge is -2.21. The Kier molecular flexibility index (Phi) is 3.88. The van der Waals surface area contributed by atoms with E-state index in [0.717, 1.165) is 13.0 Å². The molecule has 1 fully saturated rings. The first-order valence-corrected chi connectivity index (χ1v) is 7.32. The van der Waals surface area contributed by atoms with Crippen LogP contribution in [0.1, 0.15) is 19.3 Å². The van der Waals surface area contributed by atoms with Gasteiger partial charge in [0, 0.05) is 18.2 Å². The Balaban J connectivity index is 1.62. The molecule has 0 saturated carbocycles. The Morgan fingerprint density at radius 2 is 2.38 bits per heavy atom. The average Bonchev–Trinajstić information content (AvgIpc) is 2.85. The van der Waals surface area contributed by atoms with Crippen molar-refractivity contribution in [2.75, 3.05) is 37.9 Å². The molecule has 6 nitrogen and oxygen atoms in total. The van der Waals surface area contributed by atoms with Crippen LogP contribution in [0.3, 0.4) is 0 Å². The van der Waals surface area contributed by atoms with Gasteiger partial charge in [-0.15, -0.1) is 0 Å². The maximum Gasteiger partial charge on any atom is 0.262 e. The van der Waals surface area contributed by atoms with E-state index in [9.17, 15) is 4.79 Å². The van der Waals surface area contributed by atoms with Gasteiger partial charge in [-0.1, -0.05) is 0 Å². The third kappa shape index (κ3) is 3.05. The van der Waals surface area contributed by atoms with Crippen molar-refractivity contribution in [3.63, 3.8) is 0 Å². The smallest absolute Gasteiger partial charge is 0.262 e. The second kappa shape index (κ2) is 5.81. The average molecular weight is 291 g/mol. The van der Waals surface area contributed by atoms with Crippen LogP contribution in [0, 0.1) is 0 Å². The van der Waals surface area contributed by atoms with Gasteiger partial charge in [-0.2, -0.15) is 0 Å². The second-order valence-corrected chi connectivity index (χ2v) is 5.64. The number of fused-ring (bicyclic) bond motifs is 1. The molecule has 0 aliphatic carbocycles. The normalized spacial score (nSPS) is 21.6. The van der Waals surface area contributed by atoms with Crippen molar-refractivity contribution in [3.05, 3.63) is 12.1 Å². The van der Waals surface area contributed by atoms with Gasteiger partial charge >= 0.3 is 0 Å². The van der Waals surface area contributed by atoms with Gasteiger partial charge in [0.15, 0.2) is 6.61 Å². The standard InChI is InChI=1S/C15H21N3O3/c1-18-5-2-3-10(18)4-6-20-13-8-12-14(7-11(13)16)21-9-15(19)17-12/h7-8,10H,2-6,9,16H2,1H3,(H,17,19). The fraction of sp³-hybridized carbons (Fsp3) is 0.533. The van der Waals surface area contributed by atoms with Crippen LogP contribution in [-0.2, 0) is 4.79 Å². The lowest BCUT2D eigenvalue weighted by atomic mass is 10.1. The van der Waals surface area contributed by atoms with Gasteiger partial charge in [0.05, 0.1) is 18.0 Å². The number of nitrogens with zero attached hydrogens (tertiary/aromatic N) is 1. The molecule has 0 radical (unpaired) electrons. The maximum absolute atomic E-state index is 11.3. The minimum absolute atomic E-state index is 0.0284. The molecule has 3 N–H and O–H groups in total. The van der Waals surface area contributed by atoms with Crippen molar-refractivity contribution in [2.24, 2.45) is 0 Å². The van der Waals surface area contributed by atoms with Crippen LogP contribution in [0.2, 0.25) is 0 Å². The number of likely N-dealkylation sites (tertiary alicyclic amines) is 1. The van der Waals surface area contributed by atoms with Crippen LogP contribution in [0.4, 0.5) is 11.4 Å². The van der Waals surface area contributed by atoms with Gasteiger partial charge in [0.25, 0.3) is 5.91 Å². The van der Waals surface area contributed by atoms with E-state index >= 15 is 0 Å². The number of hydrogen-bond acceptors (Lipinski definition) is 5. The third-order valence-electron chi connectivity index (χ3n) is 4.13. The van der Waals surface area contributed by atoms with E-state index in [1.807, 2.05) is 0 Å². The molecule has 0 spiro atoms. The fourth-order valence-electron chi connectivity index (χ4n) is 2.90. The number of nitrogens with one attached hydrogen (secondary N) is 1. The SMILES string of the molecule is CN1CCCC1CCOc1cc2c(cc1N)OCC(=O)N2. The molecule has 0 aromatic heterocycles. The molecule has 114 valence electrons. The number of nitrogens with two attached hydrogens (primary N) is 1. The van der Waals surface area contributed by atoms with E-state index in [1.54, 1.807) is 12.1 Å². The number of carbonyl (C=O) groups is 1. The predicted octanol–water partition coefficient (Wildman–Crippen LogP) is 1.46. The monoisotopic (exact) mass is 291 g/mol. The minimum Gasteiger partial charge on any atom is -0.491 e. The Morgan fingerprint density at radius 3 is 3.14 bits per heavy atom. The summed E-state index contributed by atoms with van der Waals surface area (Å²) < 4.78 is 11.1. The molecule has 2 heterocycles. The van der Waals surface area contributed by atoms with Gasteiger partial charge in [-0.05, 0) is 32.9 Å². The van der Waals surface area contributed by atoms with Crippen molar-refractivity contribution in [1.29, 1.82) is 0 Å². The number of hydrogen-bond donors (Lipinski definition) is 2. The Hall–Kier alpha value is -1.95. The lowest BCUT2D eigenvalue weighted by molar-refractivity contribution is -0.118. The first-order valence-electron chi connectivity index (χ1n) is 7.32. The molecule has 21 heavy (non-hydrogen) atoms. The van der Waals surface area contributed by atoms with E-state index in [4.69, 9.17) is 15.2 Å². The molecule has 2 aliphatic heterocycles. The fourth-order valence-corrected chi connectivity index (χ4v) is 2.90. The summed E-state index contributed by atoms with van der Waals surface area (Å²) in [7, 11) is 2.15. The molecule has 1 unspecified atom stereocenters. The number of rotatable bonds is 4. The zero-order valence-electron chi connectivity index (χ0n) is 12.2. The molecule has 0 bridgehead atoms. The number of benzene rings is 1. The Bertz CT molecular complexity index is 547. The highest BCUT2D eigenvalue weighted by Crippen LogP contribution is 2.36. The molecule has 1 atom stereocenters. The minimum atomic E-state index is -0.161. The van der Waals surface area contributed by atoms with Crippen molar-refractivity contribution < 1.29 is 14.3 Å². The van der Waals surface area contributed by atoms with Gasteiger partial charge in [-0.25, -0.2) is 0 Å². The molecule has 3 rings (SSSR count). The number of carbonyl (C=O) groups excluding carboxylic acids is 1. The highest BCUT2D eigenvalue weighted by Gasteiger charge is 2.21. The second-order valence-electron chi connectivity index (χ2n) is 5.64. The third-order valence-corrected chi connectivity index (χ3v) is 4.13. The summed E-state index contributed by atoms with van der Waals surface area (Å²) in [5, 5.41) is 2.76. The quantitative estimate of drug-likeness (QED) is 0.821. The number of anilines is 2. The van der Waals surface area contributed by atoms with Crippen molar-refractivity contribution in [2.45, 2.75) is 25.3 Å². The Morgan fingerprint density at radius 1 is 1.52 bits per heavy atom. The first-order chi connectivity index (χ1) is 10.1. The lowest BCUT2D eigenvalue weighted by Crippen LogP contribution is -2.27. The summed E-state index contributed by atoms with van der Waals surface area (Å²) in [5.74, 6) is 1.03. The van der Waals surface area contributed by atoms with E-state index in [0.29, 0.717) is 35.5 Å². The van der Waals surface area contributed by atoms with Crippen LogP contribution < -0.4 is 20.5 Å². The summed E-state index contributed by atoms with van der Waals surface area (Å²) in [6.45, 7) is 1.81. The Labute approximate surface area is 124 Å². The van der Waals surface area contributed by atoms with Crippen LogP contribution >= 0.6 is 0 Å². The molecule has 6 heteroatoms. The van der Waals surface area contributed by atoms with Crippen molar-refractivity contribution >= 4 is 17.3 Å². The molecule has 1 amide bonds. The van der Waals surface area contributed by atoms with Crippen molar-refractivity contribution in [1.82, 2.24) is 4.90 Å². The molecule has 1 aromatic carbocycles. The zero-order valence-corrected chi connectivity index (χ0v) is 12.2. The highest BCUT2D eigenvalue weighted by molar-refractivity contribution is 5.96. The summed E-state index contributed by atoms with van der Waals surface area (Å²) in [5.41, 5.74) is 7.12. The highest BCUT2D eigenvalue weighted by atomic mass is 16.5. The first kappa shape index (κ1) is 14.0. The summed E-state index contributed by atoms with van der Waals surface area (Å²) >= 11 is 0. The molecule has 2 aliphatic rings.